The average molecular weight is 437 g/mol. The van der Waals surface area contributed by atoms with Crippen LogP contribution < -0.4 is 5.32 Å². The van der Waals surface area contributed by atoms with Crippen molar-refractivity contribution in [3.8, 4) is 5.69 Å². The van der Waals surface area contributed by atoms with Gasteiger partial charge in [-0.25, -0.2) is 4.68 Å². The van der Waals surface area contributed by atoms with Gasteiger partial charge in [-0.2, -0.15) is 0 Å². The first-order chi connectivity index (χ1) is 13.2. The number of fused-ring (bicyclic) bond motifs is 1. The van der Waals surface area contributed by atoms with E-state index >= 15 is 0 Å². The Labute approximate surface area is 182 Å². The number of carbonyl (C=O) groups excluding carboxylic acids is 1. The number of benzene rings is 1. The number of pyridine rings is 1. The first-order valence-electron chi connectivity index (χ1n) is 9.38. The van der Waals surface area contributed by atoms with Gasteiger partial charge in [0.1, 0.15) is 0 Å². The lowest BCUT2D eigenvalue weighted by molar-refractivity contribution is 0.0684. The molecular formula is C20H26Cl2N6O. The van der Waals surface area contributed by atoms with Crippen LogP contribution in [0.25, 0.3) is 16.5 Å². The summed E-state index contributed by atoms with van der Waals surface area (Å²) in [6, 6.07) is 7.93. The van der Waals surface area contributed by atoms with E-state index in [4.69, 9.17) is 0 Å². The third-order valence-electron chi connectivity index (χ3n) is 5.38. The minimum atomic E-state index is -0.0245. The summed E-state index contributed by atoms with van der Waals surface area (Å²) in [4.78, 5) is 19.1. The molecule has 7 nitrogen and oxygen atoms in total. The van der Waals surface area contributed by atoms with E-state index in [2.05, 4.69) is 20.6 Å². The summed E-state index contributed by atoms with van der Waals surface area (Å²) in [5.74, 6) is 0.615. The van der Waals surface area contributed by atoms with Gasteiger partial charge in [0.05, 0.1) is 11.4 Å². The first-order valence-corrected chi connectivity index (χ1v) is 9.38. The second-order valence-electron chi connectivity index (χ2n) is 7.10. The Morgan fingerprint density at radius 2 is 1.97 bits per heavy atom. The molecule has 156 valence electrons. The molecule has 3 aromatic rings. The molecule has 1 aromatic carbocycles. The number of halogens is 2. The topological polar surface area (TPSA) is 75.9 Å². The molecule has 3 heterocycles. The highest BCUT2D eigenvalue weighted by atomic mass is 35.5. The number of amides is 1. The third-order valence-corrected chi connectivity index (χ3v) is 5.38. The summed E-state index contributed by atoms with van der Waals surface area (Å²) >= 11 is 0. The number of nitrogens with one attached hydrogen (secondary N) is 1. The van der Waals surface area contributed by atoms with Crippen molar-refractivity contribution in [3.63, 3.8) is 0 Å². The molecule has 9 heteroatoms. The van der Waals surface area contributed by atoms with E-state index in [1.807, 2.05) is 49.3 Å². The molecule has 0 bridgehead atoms. The molecule has 1 aliphatic heterocycles. The van der Waals surface area contributed by atoms with Crippen molar-refractivity contribution in [2.75, 3.05) is 26.7 Å². The van der Waals surface area contributed by atoms with Gasteiger partial charge in [0.15, 0.2) is 5.69 Å². The molecule has 1 amide bonds. The summed E-state index contributed by atoms with van der Waals surface area (Å²) < 4.78 is 1.75. The number of piperidine rings is 1. The van der Waals surface area contributed by atoms with Gasteiger partial charge in [0.25, 0.3) is 5.91 Å². The van der Waals surface area contributed by atoms with Crippen LogP contribution in [-0.4, -0.2) is 57.5 Å². The van der Waals surface area contributed by atoms with Crippen LogP contribution in [0.2, 0.25) is 0 Å². The molecule has 1 aliphatic rings. The van der Waals surface area contributed by atoms with Gasteiger partial charge in [-0.15, -0.1) is 29.9 Å². The van der Waals surface area contributed by atoms with Crippen LogP contribution >= 0.6 is 24.8 Å². The Morgan fingerprint density at radius 3 is 2.69 bits per heavy atom. The molecule has 1 N–H and O–H groups in total. The van der Waals surface area contributed by atoms with Gasteiger partial charge < -0.3 is 10.2 Å². The molecular weight excluding hydrogens is 411 g/mol. The van der Waals surface area contributed by atoms with Crippen LogP contribution in [-0.2, 0) is 0 Å². The van der Waals surface area contributed by atoms with Gasteiger partial charge in [0, 0.05) is 36.3 Å². The van der Waals surface area contributed by atoms with E-state index in [1.54, 1.807) is 10.9 Å². The Balaban J connectivity index is 0.00000150. The van der Waals surface area contributed by atoms with Crippen molar-refractivity contribution in [1.82, 2.24) is 30.2 Å². The Kier molecular flexibility index (Phi) is 7.96. The zero-order chi connectivity index (χ0) is 18.8. The monoisotopic (exact) mass is 436 g/mol. The lowest BCUT2D eigenvalue weighted by atomic mass is 9.96. The van der Waals surface area contributed by atoms with Crippen molar-refractivity contribution in [1.29, 1.82) is 0 Å². The number of likely N-dealkylation sites (tertiary alicyclic amines) is 1. The molecule has 0 spiro atoms. The Bertz CT molecular complexity index is 963. The summed E-state index contributed by atoms with van der Waals surface area (Å²) in [6.07, 6.45) is 5.64. The van der Waals surface area contributed by atoms with Gasteiger partial charge in [0.2, 0.25) is 0 Å². The quantitative estimate of drug-likeness (QED) is 0.679. The van der Waals surface area contributed by atoms with Crippen LogP contribution in [0.5, 0.6) is 0 Å². The highest BCUT2D eigenvalue weighted by Gasteiger charge is 2.27. The Hall–Kier alpha value is -2.22. The van der Waals surface area contributed by atoms with E-state index in [0.29, 0.717) is 11.6 Å². The molecule has 2 aromatic heterocycles. The largest absolute Gasteiger partial charge is 0.337 e. The van der Waals surface area contributed by atoms with Crippen molar-refractivity contribution >= 4 is 41.5 Å². The number of aromatic nitrogens is 4. The SMILES string of the molecule is CNCC1CCN(C(=O)c2nnn(-c3cccc4cnccc34)c2C)CC1.Cl.Cl. The molecule has 0 aliphatic carbocycles. The second kappa shape index (κ2) is 10.0. The number of carbonyl (C=O) groups is 1. The zero-order valence-corrected chi connectivity index (χ0v) is 18.2. The molecule has 1 saturated heterocycles. The number of hydrogen-bond donors (Lipinski definition) is 1. The molecule has 29 heavy (non-hydrogen) atoms. The van der Waals surface area contributed by atoms with Gasteiger partial charge in [-0.1, -0.05) is 17.3 Å². The molecule has 0 unspecified atom stereocenters. The average Bonchev–Trinajstić information content (AvgIpc) is 3.09. The lowest BCUT2D eigenvalue weighted by Crippen LogP contribution is -2.40. The van der Waals surface area contributed by atoms with Gasteiger partial charge >= 0.3 is 0 Å². The van der Waals surface area contributed by atoms with E-state index in [0.717, 1.165) is 54.6 Å². The molecule has 1 fully saturated rings. The first kappa shape index (κ1) is 23.1. The maximum absolute atomic E-state index is 13.0. The van der Waals surface area contributed by atoms with E-state index < -0.39 is 0 Å². The fourth-order valence-corrected chi connectivity index (χ4v) is 3.82. The fourth-order valence-electron chi connectivity index (χ4n) is 3.82. The number of rotatable bonds is 4. The summed E-state index contributed by atoms with van der Waals surface area (Å²) in [5, 5.41) is 13.8. The number of nitrogens with zero attached hydrogens (tertiary/aromatic N) is 5. The van der Waals surface area contributed by atoms with Gasteiger partial charge in [-0.3, -0.25) is 9.78 Å². The van der Waals surface area contributed by atoms with E-state index in [-0.39, 0.29) is 30.7 Å². The van der Waals surface area contributed by atoms with Crippen molar-refractivity contribution < 1.29 is 4.79 Å². The van der Waals surface area contributed by atoms with Crippen molar-refractivity contribution in [2.24, 2.45) is 5.92 Å². The van der Waals surface area contributed by atoms with Crippen molar-refractivity contribution in [3.05, 3.63) is 48.0 Å². The molecule has 4 rings (SSSR count). The predicted molar refractivity (Wildman–Crippen MR) is 118 cm³/mol. The van der Waals surface area contributed by atoms with E-state index in [1.165, 1.54) is 0 Å². The van der Waals surface area contributed by atoms with Crippen molar-refractivity contribution in [2.45, 2.75) is 19.8 Å². The molecule has 0 radical (unpaired) electrons. The summed E-state index contributed by atoms with van der Waals surface area (Å²) in [5.41, 5.74) is 2.11. The highest BCUT2D eigenvalue weighted by molar-refractivity contribution is 5.94. The third kappa shape index (κ3) is 4.52. The fraction of sp³-hybridized carbons (Fsp3) is 0.400. The molecule has 0 saturated carbocycles. The van der Waals surface area contributed by atoms with Gasteiger partial charge in [-0.05, 0) is 51.4 Å². The normalized spacial score (nSPS) is 14.3. The molecule has 0 atom stereocenters. The van der Waals surface area contributed by atoms with Crippen LogP contribution in [0.4, 0.5) is 0 Å². The predicted octanol–water partition coefficient (Wildman–Crippen LogP) is 3.04. The zero-order valence-electron chi connectivity index (χ0n) is 16.5. The summed E-state index contributed by atoms with van der Waals surface area (Å²) in [7, 11) is 1.97. The standard InChI is InChI=1S/C20H24N6O.2ClH/c1-14-19(20(27)25-10-7-15(8-11-25)12-21-2)23-24-26(14)18-5-3-4-16-13-22-9-6-17(16)18;;/h3-6,9,13,15,21H,7-8,10-12H2,1-2H3;2*1H. The number of hydrogen-bond acceptors (Lipinski definition) is 5. The second-order valence-corrected chi connectivity index (χ2v) is 7.10. The highest BCUT2D eigenvalue weighted by Crippen LogP contribution is 2.24. The minimum absolute atomic E-state index is 0. The van der Waals surface area contributed by atoms with Crippen LogP contribution in [0.15, 0.2) is 36.7 Å². The van der Waals surface area contributed by atoms with Crippen LogP contribution in [0.3, 0.4) is 0 Å². The maximum atomic E-state index is 13.0. The Morgan fingerprint density at radius 1 is 1.21 bits per heavy atom. The van der Waals surface area contributed by atoms with Crippen LogP contribution in [0.1, 0.15) is 29.0 Å². The minimum Gasteiger partial charge on any atom is -0.337 e. The van der Waals surface area contributed by atoms with E-state index in [9.17, 15) is 4.79 Å². The summed E-state index contributed by atoms with van der Waals surface area (Å²) in [6.45, 7) is 4.46. The smallest absolute Gasteiger partial charge is 0.276 e. The lowest BCUT2D eigenvalue weighted by Gasteiger charge is -2.31. The van der Waals surface area contributed by atoms with Crippen LogP contribution in [0, 0.1) is 12.8 Å². The maximum Gasteiger partial charge on any atom is 0.276 e.